The van der Waals surface area contributed by atoms with Crippen LogP contribution in [0.2, 0.25) is 0 Å². The largest absolute Gasteiger partial charge is 0.369 e. The molecule has 2 aromatic heterocycles. The Bertz CT molecular complexity index is 965. The van der Waals surface area contributed by atoms with Gasteiger partial charge >= 0.3 is 0 Å². The zero-order chi connectivity index (χ0) is 18.8. The highest BCUT2D eigenvalue weighted by Crippen LogP contribution is 2.43. The van der Waals surface area contributed by atoms with Gasteiger partial charge in [0.15, 0.2) is 0 Å². The number of aromatic nitrogens is 2. The molecule has 0 spiro atoms. The van der Waals surface area contributed by atoms with E-state index in [0.717, 1.165) is 21.7 Å². The van der Waals surface area contributed by atoms with Crippen LogP contribution in [0.5, 0.6) is 0 Å². The Morgan fingerprint density at radius 3 is 2.62 bits per heavy atom. The lowest BCUT2D eigenvalue weighted by molar-refractivity contribution is -0.117. The fourth-order valence-electron chi connectivity index (χ4n) is 2.97. The molecule has 0 radical (unpaired) electrons. The summed E-state index contributed by atoms with van der Waals surface area (Å²) in [6.45, 7) is 8.38. The van der Waals surface area contributed by atoms with E-state index in [1.165, 1.54) is 38.9 Å². The molecule has 0 aliphatic carbocycles. The third-order valence-electron chi connectivity index (χ3n) is 4.59. The second kappa shape index (κ2) is 7.76. The summed E-state index contributed by atoms with van der Waals surface area (Å²) in [4.78, 5) is 23.0. The fraction of sp³-hybridized carbons (Fsp3) is 0.350. The van der Waals surface area contributed by atoms with Gasteiger partial charge in [-0.15, -0.1) is 11.3 Å². The Balaban J connectivity index is 2.23. The number of aryl methyl sites for hydroxylation is 3. The fourth-order valence-corrected chi connectivity index (χ4v) is 5.11. The molecule has 4 nitrogen and oxygen atoms in total. The summed E-state index contributed by atoms with van der Waals surface area (Å²) in [6.07, 6.45) is 3.19. The van der Waals surface area contributed by atoms with Crippen LogP contribution in [0.25, 0.3) is 21.3 Å². The van der Waals surface area contributed by atoms with Crippen LogP contribution in [0.4, 0.5) is 0 Å². The molecule has 2 heterocycles. The van der Waals surface area contributed by atoms with E-state index in [2.05, 4.69) is 48.9 Å². The molecule has 6 heteroatoms. The highest BCUT2D eigenvalue weighted by Gasteiger charge is 2.22. The van der Waals surface area contributed by atoms with Gasteiger partial charge in [0.05, 0.1) is 10.6 Å². The third kappa shape index (κ3) is 3.48. The number of nitrogens with two attached hydrogens (primary N) is 1. The molecule has 26 heavy (non-hydrogen) atoms. The van der Waals surface area contributed by atoms with Crippen molar-refractivity contribution in [3.8, 4) is 11.1 Å². The van der Waals surface area contributed by atoms with Crippen molar-refractivity contribution in [3.63, 3.8) is 0 Å². The molecule has 0 aliphatic heterocycles. The molecule has 1 atom stereocenters. The van der Waals surface area contributed by atoms with Crippen molar-refractivity contribution in [1.29, 1.82) is 0 Å². The minimum absolute atomic E-state index is 0.286. The maximum Gasteiger partial charge on any atom is 0.230 e. The smallest absolute Gasteiger partial charge is 0.230 e. The number of benzene rings is 1. The van der Waals surface area contributed by atoms with Gasteiger partial charge in [-0.2, -0.15) is 0 Å². The number of thiophene rings is 1. The summed E-state index contributed by atoms with van der Waals surface area (Å²) in [5.74, 6) is -0.303. The molecule has 0 saturated heterocycles. The van der Waals surface area contributed by atoms with Gasteiger partial charge in [0, 0.05) is 10.4 Å². The molecule has 136 valence electrons. The lowest BCUT2D eigenvalue weighted by Crippen LogP contribution is -2.24. The second-order valence-corrected chi connectivity index (χ2v) is 8.60. The summed E-state index contributed by atoms with van der Waals surface area (Å²) < 4.78 is 0. The number of hydrogen-bond donors (Lipinski definition) is 1. The van der Waals surface area contributed by atoms with Gasteiger partial charge in [0.2, 0.25) is 5.91 Å². The van der Waals surface area contributed by atoms with E-state index in [1.807, 2.05) is 6.92 Å². The number of thioether (sulfide) groups is 1. The Kier molecular flexibility index (Phi) is 5.63. The maximum atomic E-state index is 11.7. The third-order valence-corrected chi connectivity index (χ3v) is 7.21. The first-order chi connectivity index (χ1) is 12.5. The van der Waals surface area contributed by atoms with Crippen LogP contribution in [-0.4, -0.2) is 21.1 Å². The van der Waals surface area contributed by atoms with Crippen molar-refractivity contribution >= 4 is 39.2 Å². The number of hydrogen-bond acceptors (Lipinski definition) is 5. The minimum atomic E-state index is -0.303. The number of carbonyl (C=O) groups excluding carboxylic acids is 1. The summed E-state index contributed by atoms with van der Waals surface area (Å²) in [7, 11) is 0. The molecule has 1 aromatic carbocycles. The molecular weight excluding hydrogens is 362 g/mol. The molecule has 2 N–H and O–H groups in total. The Morgan fingerprint density at radius 1 is 1.23 bits per heavy atom. The van der Waals surface area contributed by atoms with Gasteiger partial charge < -0.3 is 5.73 Å². The van der Waals surface area contributed by atoms with Crippen LogP contribution in [0.15, 0.2) is 29.6 Å². The predicted octanol–water partition coefficient (Wildman–Crippen LogP) is 4.89. The normalized spacial score (nSPS) is 12.5. The van der Waals surface area contributed by atoms with Crippen molar-refractivity contribution in [2.24, 2.45) is 5.73 Å². The first-order valence-electron chi connectivity index (χ1n) is 8.76. The van der Waals surface area contributed by atoms with E-state index in [1.54, 1.807) is 17.7 Å². The topological polar surface area (TPSA) is 68.9 Å². The molecule has 0 fully saturated rings. The van der Waals surface area contributed by atoms with Crippen molar-refractivity contribution in [2.45, 2.75) is 50.8 Å². The van der Waals surface area contributed by atoms with Gasteiger partial charge in [-0.1, -0.05) is 43.8 Å². The molecular formula is C20H23N3OS2. The Labute approximate surface area is 162 Å². The highest BCUT2D eigenvalue weighted by atomic mass is 32.2. The van der Waals surface area contributed by atoms with Crippen molar-refractivity contribution in [2.75, 3.05) is 0 Å². The summed E-state index contributed by atoms with van der Waals surface area (Å²) >= 11 is 3.15. The second-order valence-electron chi connectivity index (χ2n) is 6.33. The van der Waals surface area contributed by atoms with Crippen LogP contribution in [0.3, 0.4) is 0 Å². The molecule has 0 saturated carbocycles. The summed E-state index contributed by atoms with van der Waals surface area (Å²) in [6, 6.07) is 6.54. The lowest BCUT2D eigenvalue weighted by atomic mass is 9.98. The zero-order valence-corrected chi connectivity index (χ0v) is 17.1. The van der Waals surface area contributed by atoms with E-state index in [-0.39, 0.29) is 11.2 Å². The van der Waals surface area contributed by atoms with E-state index in [9.17, 15) is 4.79 Å². The van der Waals surface area contributed by atoms with Crippen molar-refractivity contribution in [3.05, 3.63) is 40.5 Å². The lowest BCUT2D eigenvalue weighted by Gasteiger charge is -2.12. The standard InChI is InChI=1S/C20H23N3OS2/c1-5-14-16(13-8-7-11(3)12(4)9-13)17-19(25-14)22-10-23-20(17)26-15(6-2)18(21)24/h7-10,15H,5-6H2,1-4H3,(H2,21,24). The number of rotatable bonds is 6. The van der Waals surface area contributed by atoms with Crippen molar-refractivity contribution < 1.29 is 4.79 Å². The van der Waals surface area contributed by atoms with Crippen LogP contribution in [0, 0.1) is 13.8 Å². The minimum Gasteiger partial charge on any atom is -0.369 e. The molecule has 3 aromatic rings. The number of amides is 1. The molecule has 0 bridgehead atoms. The molecule has 0 aliphatic rings. The Hall–Kier alpha value is -1.92. The van der Waals surface area contributed by atoms with Crippen LogP contribution in [0.1, 0.15) is 36.3 Å². The van der Waals surface area contributed by atoms with Crippen LogP contribution < -0.4 is 5.73 Å². The molecule has 1 amide bonds. The number of primary amides is 1. The highest BCUT2D eigenvalue weighted by molar-refractivity contribution is 8.00. The zero-order valence-electron chi connectivity index (χ0n) is 15.5. The number of carbonyl (C=O) groups is 1. The van der Waals surface area contributed by atoms with E-state index < -0.39 is 0 Å². The van der Waals surface area contributed by atoms with Crippen molar-refractivity contribution in [1.82, 2.24) is 9.97 Å². The SMILES string of the molecule is CCc1sc2ncnc(SC(CC)C(N)=O)c2c1-c1ccc(C)c(C)c1. The van der Waals surface area contributed by atoms with Gasteiger partial charge in [-0.05, 0) is 43.4 Å². The van der Waals surface area contributed by atoms with E-state index in [0.29, 0.717) is 6.42 Å². The van der Waals surface area contributed by atoms with Gasteiger partial charge in [0.1, 0.15) is 16.2 Å². The quantitative estimate of drug-likeness (QED) is 0.484. The molecule has 1 unspecified atom stereocenters. The van der Waals surface area contributed by atoms with Crippen LogP contribution >= 0.6 is 23.1 Å². The van der Waals surface area contributed by atoms with E-state index >= 15 is 0 Å². The monoisotopic (exact) mass is 385 g/mol. The average molecular weight is 386 g/mol. The summed E-state index contributed by atoms with van der Waals surface area (Å²) in [5, 5.41) is 1.60. The number of fused-ring (bicyclic) bond motifs is 1. The number of nitrogens with zero attached hydrogens (tertiary/aromatic N) is 2. The van der Waals surface area contributed by atoms with E-state index in [4.69, 9.17) is 5.73 Å². The molecule has 3 rings (SSSR count). The Morgan fingerprint density at radius 2 is 2.00 bits per heavy atom. The summed E-state index contributed by atoms with van der Waals surface area (Å²) in [5.41, 5.74) is 10.5. The first kappa shape index (κ1) is 18.9. The maximum absolute atomic E-state index is 11.7. The van der Waals surface area contributed by atoms with Gasteiger partial charge in [-0.3, -0.25) is 4.79 Å². The van der Waals surface area contributed by atoms with Gasteiger partial charge in [0.25, 0.3) is 0 Å². The van der Waals surface area contributed by atoms with Gasteiger partial charge in [-0.25, -0.2) is 9.97 Å². The predicted molar refractivity (Wildman–Crippen MR) is 111 cm³/mol. The average Bonchev–Trinajstić information content (AvgIpc) is 3.01. The first-order valence-corrected chi connectivity index (χ1v) is 10.5. The van der Waals surface area contributed by atoms with Crippen LogP contribution in [-0.2, 0) is 11.2 Å².